The molecule has 0 bridgehead atoms. The molecule has 0 spiro atoms. The Balaban J connectivity index is 1.51. The van der Waals surface area contributed by atoms with Crippen LogP contribution in [0.25, 0.3) is 11.0 Å². The first kappa shape index (κ1) is 30.3. The van der Waals surface area contributed by atoms with Gasteiger partial charge in [-0.2, -0.15) is 0 Å². The van der Waals surface area contributed by atoms with Crippen molar-refractivity contribution in [3.05, 3.63) is 52.0 Å². The third-order valence-electron chi connectivity index (χ3n) is 8.05. The number of hydrogen-bond acceptors (Lipinski definition) is 5. The van der Waals surface area contributed by atoms with Gasteiger partial charge in [0.15, 0.2) is 0 Å². The minimum atomic E-state index is -0.562. The normalized spacial score (nSPS) is 15.7. The number of carbonyl (C=O) groups excluding carboxylic acids is 2. The molecule has 0 saturated carbocycles. The molecular weight excluding hydrogens is 518 g/mol. The number of carbonyl (C=O) groups is 2. The fourth-order valence-electron chi connectivity index (χ4n) is 5.91. The first-order chi connectivity index (χ1) is 19.3. The van der Waals surface area contributed by atoms with E-state index in [2.05, 4.69) is 72.2 Å². The zero-order valence-electron chi connectivity index (χ0n) is 24.9. The third kappa shape index (κ3) is 7.52. The van der Waals surface area contributed by atoms with Crippen molar-refractivity contribution in [2.45, 2.75) is 97.7 Å². The SMILES string of the molecule is CCCN1CCC(NC(=O)[C@H](CC(C)C)NC(=O)c2ccc3c(c2)nc(Cc2cccs2)n3C(CC)CC)CC1. The Morgan fingerprint density at radius 1 is 1.10 bits per heavy atom. The second kappa shape index (κ2) is 14.3. The van der Waals surface area contributed by atoms with Gasteiger partial charge in [0.25, 0.3) is 5.91 Å². The summed E-state index contributed by atoms with van der Waals surface area (Å²) in [5, 5.41) is 8.39. The van der Waals surface area contributed by atoms with Crippen molar-refractivity contribution in [2.24, 2.45) is 5.92 Å². The molecule has 7 nitrogen and oxygen atoms in total. The molecule has 1 aliphatic heterocycles. The van der Waals surface area contributed by atoms with E-state index in [-0.39, 0.29) is 23.8 Å². The number of nitrogens with one attached hydrogen (secondary N) is 2. The van der Waals surface area contributed by atoms with Gasteiger partial charge < -0.3 is 20.1 Å². The van der Waals surface area contributed by atoms with Gasteiger partial charge in [-0.25, -0.2) is 4.98 Å². The number of benzene rings is 1. The van der Waals surface area contributed by atoms with Gasteiger partial charge in [0.2, 0.25) is 5.91 Å². The number of amides is 2. The molecule has 2 amide bonds. The average molecular weight is 566 g/mol. The fraction of sp³-hybridized carbons (Fsp3) is 0.594. The quantitative estimate of drug-likeness (QED) is 0.259. The van der Waals surface area contributed by atoms with E-state index in [1.807, 2.05) is 18.2 Å². The molecular formula is C32H47N5O2S. The highest BCUT2D eigenvalue weighted by Gasteiger charge is 2.27. The predicted molar refractivity (Wildman–Crippen MR) is 165 cm³/mol. The third-order valence-corrected chi connectivity index (χ3v) is 8.92. The Labute approximate surface area is 243 Å². The lowest BCUT2D eigenvalue weighted by molar-refractivity contribution is -0.124. The van der Waals surface area contributed by atoms with E-state index in [9.17, 15) is 9.59 Å². The number of likely N-dealkylation sites (tertiary alicyclic amines) is 1. The molecule has 1 aliphatic rings. The average Bonchev–Trinajstić information content (AvgIpc) is 3.58. The van der Waals surface area contributed by atoms with Gasteiger partial charge in [0.1, 0.15) is 11.9 Å². The lowest BCUT2D eigenvalue weighted by Gasteiger charge is -2.33. The molecule has 8 heteroatoms. The Morgan fingerprint density at radius 2 is 1.85 bits per heavy atom. The number of piperidine rings is 1. The highest BCUT2D eigenvalue weighted by atomic mass is 32.1. The molecule has 2 N–H and O–H groups in total. The summed E-state index contributed by atoms with van der Waals surface area (Å²) in [6.07, 6.45) is 6.48. The predicted octanol–water partition coefficient (Wildman–Crippen LogP) is 6.18. The van der Waals surface area contributed by atoms with Crippen LogP contribution in [0.5, 0.6) is 0 Å². The molecule has 2 aromatic heterocycles. The van der Waals surface area contributed by atoms with Crippen molar-refractivity contribution in [3.63, 3.8) is 0 Å². The van der Waals surface area contributed by atoms with E-state index >= 15 is 0 Å². The molecule has 0 radical (unpaired) electrons. The molecule has 40 heavy (non-hydrogen) atoms. The number of rotatable bonds is 13. The topological polar surface area (TPSA) is 79.3 Å². The van der Waals surface area contributed by atoms with Gasteiger partial charge in [-0.1, -0.05) is 40.7 Å². The van der Waals surface area contributed by atoms with Crippen LogP contribution in [-0.2, 0) is 11.2 Å². The summed E-state index contributed by atoms with van der Waals surface area (Å²) in [5.41, 5.74) is 2.43. The molecule has 3 heterocycles. The van der Waals surface area contributed by atoms with Gasteiger partial charge in [-0.05, 0) is 80.6 Å². The fourth-order valence-corrected chi connectivity index (χ4v) is 6.61. The maximum Gasteiger partial charge on any atom is 0.252 e. The minimum absolute atomic E-state index is 0.0756. The van der Waals surface area contributed by atoms with Crippen LogP contribution in [0.15, 0.2) is 35.7 Å². The van der Waals surface area contributed by atoms with E-state index in [0.29, 0.717) is 18.0 Å². The summed E-state index contributed by atoms with van der Waals surface area (Å²) in [7, 11) is 0. The van der Waals surface area contributed by atoms with Crippen molar-refractivity contribution < 1.29 is 9.59 Å². The summed E-state index contributed by atoms with van der Waals surface area (Å²) in [6, 6.07) is 9.96. The number of hydrogen-bond donors (Lipinski definition) is 2. The van der Waals surface area contributed by atoms with Crippen LogP contribution < -0.4 is 10.6 Å². The second-order valence-electron chi connectivity index (χ2n) is 11.6. The van der Waals surface area contributed by atoms with Crippen LogP contribution in [0.3, 0.4) is 0 Å². The zero-order chi connectivity index (χ0) is 28.6. The molecule has 218 valence electrons. The number of nitrogens with zero attached hydrogens (tertiary/aromatic N) is 3. The van der Waals surface area contributed by atoms with Gasteiger partial charge in [-0.3, -0.25) is 9.59 Å². The van der Waals surface area contributed by atoms with Crippen LogP contribution in [0.1, 0.15) is 100 Å². The molecule has 3 aromatic rings. The van der Waals surface area contributed by atoms with E-state index in [4.69, 9.17) is 4.98 Å². The standard InChI is InChI=1S/C32H47N5O2S/c1-6-15-36-16-13-24(14-17-36)33-32(39)28(19-22(4)5)35-31(38)23-11-12-29-27(20-23)34-30(21-26-10-9-18-40-26)37(29)25(7-2)8-3/h9-12,18,20,22,24-25,28H,6-8,13-17,19,21H2,1-5H3,(H,33,39)(H,35,38)/t28-/m0/s1. The molecule has 1 atom stereocenters. The largest absolute Gasteiger partial charge is 0.351 e. The van der Waals surface area contributed by atoms with E-state index < -0.39 is 6.04 Å². The number of aromatic nitrogens is 2. The maximum absolute atomic E-state index is 13.5. The van der Waals surface area contributed by atoms with Gasteiger partial charge in [0, 0.05) is 42.0 Å². The summed E-state index contributed by atoms with van der Waals surface area (Å²) in [5.74, 6) is 1.01. The minimum Gasteiger partial charge on any atom is -0.351 e. The Bertz CT molecular complexity index is 1240. The summed E-state index contributed by atoms with van der Waals surface area (Å²) in [4.78, 5) is 35.5. The smallest absolute Gasteiger partial charge is 0.252 e. The Kier molecular flexibility index (Phi) is 10.8. The molecule has 0 unspecified atom stereocenters. The van der Waals surface area contributed by atoms with Crippen LogP contribution in [0.4, 0.5) is 0 Å². The number of thiophene rings is 1. The molecule has 4 rings (SSSR count). The number of imidazole rings is 1. The van der Waals surface area contributed by atoms with E-state index in [1.54, 1.807) is 11.3 Å². The van der Waals surface area contributed by atoms with Crippen molar-refractivity contribution in [3.8, 4) is 0 Å². The number of fused-ring (bicyclic) bond motifs is 1. The van der Waals surface area contributed by atoms with Crippen LogP contribution in [0, 0.1) is 5.92 Å². The van der Waals surface area contributed by atoms with Crippen molar-refractivity contribution >= 4 is 34.2 Å². The summed E-state index contributed by atoms with van der Waals surface area (Å²) < 4.78 is 2.36. The van der Waals surface area contributed by atoms with Gasteiger partial charge in [0.05, 0.1) is 11.0 Å². The lowest BCUT2D eigenvalue weighted by Crippen LogP contribution is -2.52. The van der Waals surface area contributed by atoms with Crippen molar-refractivity contribution in [1.29, 1.82) is 0 Å². The van der Waals surface area contributed by atoms with Crippen molar-refractivity contribution in [1.82, 2.24) is 25.1 Å². The first-order valence-corrected chi connectivity index (χ1v) is 16.1. The molecule has 1 fully saturated rings. The van der Waals surface area contributed by atoms with Gasteiger partial charge in [-0.15, -0.1) is 11.3 Å². The highest BCUT2D eigenvalue weighted by Crippen LogP contribution is 2.28. The molecule has 1 aromatic carbocycles. The zero-order valence-corrected chi connectivity index (χ0v) is 25.7. The maximum atomic E-state index is 13.5. The summed E-state index contributed by atoms with van der Waals surface area (Å²) in [6.45, 7) is 13.9. The van der Waals surface area contributed by atoms with Crippen molar-refractivity contribution in [2.75, 3.05) is 19.6 Å². The molecule has 0 aliphatic carbocycles. The monoisotopic (exact) mass is 565 g/mol. The van der Waals surface area contributed by atoms with Crippen LogP contribution >= 0.6 is 11.3 Å². The van der Waals surface area contributed by atoms with Crippen LogP contribution in [-0.4, -0.2) is 58.0 Å². The molecule has 1 saturated heterocycles. The summed E-state index contributed by atoms with van der Waals surface area (Å²) >= 11 is 1.74. The van der Waals surface area contributed by atoms with E-state index in [0.717, 1.165) is 75.0 Å². The Hall–Kier alpha value is -2.71. The lowest BCUT2D eigenvalue weighted by atomic mass is 10.00. The van der Waals surface area contributed by atoms with E-state index in [1.165, 1.54) is 4.88 Å². The second-order valence-corrected chi connectivity index (χ2v) is 12.6. The first-order valence-electron chi connectivity index (χ1n) is 15.2. The van der Waals surface area contributed by atoms with Gasteiger partial charge >= 0.3 is 0 Å². The van der Waals surface area contributed by atoms with Crippen LogP contribution in [0.2, 0.25) is 0 Å². The highest BCUT2D eigenvalue weighted by molar-refractivity contribution is 7.09. The Morgan fingerprint density at radius 3 is 2.48 bits per heavy atom.